The largest absolute Gasteiger partial charge is 0.445 e. The number of benzene rings is 1. The summed E-state index contributed by atoms with van der Waals surface area (Å²) in [6.07, 6.45) is 7.07. The van der Waals surface area contributed by atoms with Gasteiger partial charge in [0.15, 0.2) is 0 Å². The Kier molecular flexibility index (Phi) is 3.86. The van der Waals surface area contributed by atoms with Crippen molar-refractivity contribution in [2.45, 2.75) is 25.5 Å². The van der Waals surface area contributed by atoms with Crippen molar-refractivity contribution in [3.8, 4) is 0 Å². The number of allylic oxidation sites excluding steroid dienone is 2. The molecule has 3 unspecified atom stereocenters. The zero-order chi connectivity index (χ0) is 19.6. The van der Waals surface area contributed by atoms with Gasteiger partial charge < -0.3 is 19.4 Å². The summed E-state index contributed by atoms with van der Waals surface area (Å²) in [6, 6.07) is 10.2. The number of nitrogens with zero attached hydrogens (tertiary/aromatic N) is 3. The average molecular weight is 392 g/mol. The number of piperazine rings is 1. The van der Waals surface area contributed by atoms with Gasteiger partial charge in [0.1, 0.15) is 6.61 Å². The van der Waals surface area contributed by atoms with E-state index in [1.807, 2.05) is 35.2 Å². The van der Waals surface area contributed by atoms with Crippen LogP contribution in [0.5, 0.6) is 0 Å². The van der Waals surface area contributed by atoms with E-state index in [0.29, 0.717) is 23.9 Å². The van der Waals surface area contributed by atoms with E-state index in [4.69, 9.17) is 4.74 Å². The first-order valence-corrected chi connectivity index (χ1v) is 11.0. The first-order chi connectivity index (χ1) is 14.2. The number of likely N-dealkylation sites (tertiary alicyclic amines) is 1. The molecule has 29 heavy (non-hydrogen) atoms. The third-order valence-electron chi connectivity index (χ3n) is 8.02. The lowest BCUT2D eigenvalue weighted by atomic mass is 9.86. The summed E-state index contributed by atoms with van der Waals surface area (Å²) in [7, 11) is 2.20. The lowest BCUT2D eigenvalue weighted by Crippen LogP contribution is -2.47. The molecule has 5 aliphatic rings. The molecule has 0 aromatic heterocycles. The third-order valence-corrected chi connectivity index (χ3v) is 8.02. The van der Waals surface area contributed by atoms with Gasteiger partial charge in [-0.2, -0.15) is 0 Å². The molecule has 5 nitrogen and oxygen atoms in total. The number of hydrogen-bond donors (Lipinski definition) is 0. The number of amides is 1. The number of ether oxygens (including phenoxy) is 1. The molecule has 1 aromatic rings. The molecule has 0 radical (unpaired) electrons. The Morgan fingerprint density at radius 2 is 1.93 bits per heavy atom. The number of likely N-dealkylation sites (N-methyl/N-ethyl adjacent to an activating group) is 1. The van der Waals surface area contributed by atoms with Crippen LogP contribution >= 0.6 is 0 Å². The number of fused-ring (bicyclic) bond motifs is 2. The van der Waals surface area contributed by atoms with Crippen LogP contribution in [0.3, 0.4) is 0 Å². The predicted molar refractivity (Wildman–Crippen MR) is 111 cm³/mol. The fourth-order valence-electron chi connectivity index (χ4n) is 6.34. The molecule has 5 heteroatoms. The van der Waals surface area contributed by atoms with Gasteiger partial charge in [-0.3, -0.25) is 0 Å². The fraction of sp³-hybridized carbons (Fsp3) is 0.542. The molecule has 1 spiro atoms. The SMILES string of the molecule is CN1CCN(C2=CC3C4C(=C2)C2C[C@]34CCN2C(=O)OCc2ccccc2)CC1. The molecule has 4 atom stereocenters. The molecule has 152 valence electrons. The molecule has 4 fully saturated rings. The summed E-state index contributed by atoms with van der Waals surface area (Å²) >= 11 is 0. The fourth-order valence-corrected chi connectivity index (χ4v) is 6.34. The Morgan fingerprint density at radius 3 is 2.72 bits per heavy atom. The first kappa shape index (κ1) is 17.6. The van der Waals surface area contributed by atoms with E-state index in [-0.39, 0.29) is 12.1 Å². The van der Waals surface area contributed by atoms with E-state index in [1.165, 1.54) is 11.3 Å². The van der Waals surface area contributed by atoms with Gasteiger partial charge in [0.2, 0.25) is 0 Å². The maximum atomic E-state index is 12.9. The molecular formula is C24H29N3O2. The second-order valence-electron chi connectivity index (χ2n) is 9.47. The first-order valence-electron chi connectivity index (χ1n) is 11.0. The number of piperidine rings is 1. The van der Waals surface area contributed by atoms with Gasteiger partial charge in [-0.05, 0) is 54.4 Å². The van der Waals surface area contributed by atoms with E-state index < -0.39 is 0 Å². The Hall–Kier alpha value is -2.27. The molecule has 0 N–H and O–H groups in total. The molecule has 3 aliphatic carbocycles. The van der Waals surface area contributed by atoms with E-state index in [9.17, 15) is 4.79 Å². The standard InChI is InChI=1S/C24H29N3O2/c1-25-9-11-26(12-10-25)18-13-19-21-15-24(20(14-18)22(19)24)7-8-27(21)23(28)29-16-17-5-3-2-4-6-17/h2-6,13-14,20-22H,7-12,15-16H2,1H3/t20?,21?,22?,24-/m1/s1. The maximum Gasteiger partial charge on any atom is 0.410 e. The third kappa shape index (κ3) is 2.67. The highest BCUT2D eigenvalue weighted by Gasteiger charge is 2.73. The van der Waals surface area contributed by atoms with Gasteiger partial charge in [0, 0.05) is 38.4 Å². The van der Waals surface area contributed by atoms with E-state index in [0.717, 1.165) is 51.1 Å². The molecule has 2 saturated carbocycles. The molecular weight excluding hydrogens is 362 g/mol. The van der Waals surface area contributed by atoms with Gasteiger partial charge in [-0.15, -0.1) is 0 Å². The average Bonchev–Trinajstić information content (AvgIpc) is 3.28. The van der Waals surface area contributed by atoms with Gasteiger partial charge in [0.25, 0.3) is 0 Å². The van der Waals surface area contributed by atoms with Gasteiger partial charge in [-0.1, -0.05) is 36.4 Å². The van der Waals surface area contributed by atoms with Crippen molar-refractivity contribution >= 4 is 6.09 Å². The zero-order valence-electron chi connectivity index (χ0n) is 17.1. The Balaban J connectivity index is 1.19. The number of hydrogen-bond acceptors (Lipinski definition) is 4. The Bertz CT molecular complexity index is 887. The molecule has 2 bridgehead atoms. The Labute approximate surface area is 172 Å². The smallest absolute Gasteiger partial charge is 0.410 e. The van der Waals surface area contributed by atoms with Crippen molar-refractivity contribution in [2.24, 2.45) is 17.3 Å². The molecule has 6 rings (SSSR count). The number of carbonyl (C=O) groups is 1. The lowest BCUT2D eigenvalue weighted by molar-refractivity contribution is 0.0672. The lowest BCUT2D eigenvalue weighted by Gasteiger charge is -2.40. The molecule has 2 saturated heterocycles. The molecule has 2 heterocycles. The highest BCUT2D eigenvalue weighted by atomic mass is 16.6. The summed E-state index contributed by atoms with van der Waals surface area (Å²) in [6.45, 7) is 5.64. The summed E-state index contributed by atoms with van der Waals surface area (Å²) in [5, 5.41) is 0. The highest BCUT2D eigenvalue weighted by molar-refractivity contribution is 5.70. The summed E-state index contributed by atoms with van der Waals surface area (Å²) < 4.78 is 5.69. The molecule has 2 aliphatic heterocycles. The van der Waals surface area contributed by atoms with Crippen LogP contribution in [0.2, 0.25) is 0 Å². The molecule has 1 amide bonds. The number of rotatable bonds is 3. The topological polar surface area (TPSA) is 36.0 Å². The van der Waals surface area contributed by atoms with Crippen molar-refractivity contribution in [3.05, 3.63) is 59.3 Å². The van der Waals surface area contributed by atoms with Crippen molar-refractivity contribution in [1.82, 2.24) is 14.7 Å². The zero-order valence-corrected chi connectivity index (χ0v) is 17.1. The van der Waals surface area contributed by atoms with Crippen LogP contribution in [-0.2, 0) is 11.3 Å². The minimum absolute atomic E-state index is 0.150. The van der Waals surface area contributed by atoms with E-state index in [1.54, 1.807) is 0 Å². The number of carbonyl (C=O) groups excluding carboxylic acids is 1. The van der Waals surface area contributed by atoms with Crippen molar-refractivity contribution in [3.63, 3.8) is 0 Å². The predicted octanol–water partition coefficient (Wildman–Crippen LogP) is 3.10. The van der Waals surface area contributed by atoms with Gasteiger partial charge in [0.05, 0.1) is 6.04 Å². The normalized spacial score (nSPS) is 35.0. The second kappa shape index (κ2) is 6.36. The van der Waals surface area contributed by atoms with Crippen LogP contribution < -0.4 is 0 Å². The molecule has 1 aromatic carbocycles. The Morgan fingerprint density at radius 1 is 1.14 bits per heavy atom. The second-order valence-corrected chi connectivity index (χ2v) is 9.47. The van der Waals surface area contributed by atoms with E-state index in [2.05, 4.69) is 29.0 Å². The minimum Gasteiger partial charge on any atom is -0.445 e. The maximum absolute atomic E-state index is 12.9. The minimum atomic E-state index is -0.150. The van der Waals surface area contributed by atoms with Crippen LogP contribution in [0.25, 0.3) is 0 Å². The van der Waals surface area contributed by atoms with Gasteiger partial charge in [-0.25, -0.2) is 4.79 Å². The quantitative estimate of drug-likeness (QED) is 0.793. The van der Waals surface area contributed by atoms with Crippen molar-refractivity contribution < 1.29 is 9.53 Å². The summed E-state index contributed by atoms with van der Waals surface area (Å²) in [4.78, 5) is 19.9. The van der Waals surface area contributed by atoms with Gasteiger partial charge >= 0.3 is 6.09 Å². The van der Waals surface area contributed by atoms with Crippen LogP contribution in [0.15, 0.2) is 53.8 Å². The monoisotopic (exact) mass is 391 g/mol. The van der Waals surface area contributed by atoms with Crippen molar-refractivity contribution in [2.75, 3.05) is 39.8 Å². The summed E-state index contributed by atoms with van der Waals surface area (Å²) in [5.41, 5.74) is 4.38. The van der Waals surface area contributed by atoms with Crippen LogP contribution in [0.4, 0.5) is 4.79 Å². The summed E-state index contributed by atoms with van der Waals surface area (Å²) in [5.74, 6) is 1.38. The van der Waals surface area contributed by atoms with Crippen LogP contribution in [0.1, 0.15) is 18.4 Å². The van der Waals surface area contributed by atoms with E-state index >= 15 is 0 Å². The van der Waals surface area contributed by atoms with Crippen molar-refractivity contribution in [1.29, 1.82) is 0 Å². The van der Waals surface area contributed by atoms with Crippen LogP contribution in [0, 0.1) is 17.3 Å². The highest BCUT2D eigenvalue weighted by Crippen LogP contribution is 2.76. The van der Waals surface area contributed by atoms with Crippen LogP contribution in [-0.4, -0.2) is 66.6 Å².